The minimum absolute atomic E-state index is 0.865. The molecule has 0 atom stereocenters. The lowest BCUT2D eigenvalue weighted by atomic mass is 9.93. The molecular weight excluding hydrogens is 574 g/mol. The molecule has 222 valence electrons. The fourth-order valence-electron chi connectivity index (χ4n) is 7.60. The number of benzene rings is 7. The van der Waals surface area contributed by atoms with E-state index < -0.39 is 0 Å². The zero-order valence-corrected chi connectivity index (χ0v) is 26.0. The van der Waals surface area contributed by atoms with Gasteiger partial charge in [0.05, 0.1) is 16.7 Å². The maximum atomic E-state index is 7.12. The maximum Gasteiger partial charge on any atom is 0.159 e. The molecule has 0 saturated carbocycles. The second-order valence-corrected chi connectivity index (χ2v) is 12.6. The molecular formula is C44H29NO2. The number of para-hydroxylation sites is 3. The molecule has 3 aromatic heterocycles. The molecule has 0 spiro atoms. The molecule has 47 heavy (non-hydrogen) atoms. The largest absolute Gasteiger partial charge is 0.455 e. The first kappa shape index (κ1) is 26.2. The quantitative estimate of drug-likeness (QED) is 0.201. The number of furan rings is 2. The standard InChI is InChI=1S/C44H29NO2/c1-26-18-22-37-35(24-26)36-25-27(2)19-23-38(36)45(37)39-16-9-15-34-41-31(21-20-29(44(41)47-43(34)39)28-10-4-3-5-11-28)33-14-8-13-32-30-12-6-7-17-40(30)46-42(32)33/h3-25H,1-2H3. The summed E-state index contributed by atoms with van der Waals surface area (Å²) in [6, 6.07) is 49.7. The van der Waals surface area contributed by atoms with Gasteiger partial charge in [0.1, 0.15) is 16.7 Å². The van der Waals surface area contributed by atoms with Crippen LogP contribution in [0.15, 0.2) is 148 Å². The van der Waals surface area contributed by atoms with Gasteiger partial charge in [0.2, 0.25) is 0 Å². The minimum Gasteiger partial charge on any atom is -0.455 e. The summed E-state index contributed by atoms with van der Waals surface area (Å²) in [7, 11) is 0. The first-order valence-electron chi connectivity index (χ1n) is 16.1. The van der Waals surface area contributed by atoms with Gasteiger partial charge < -0.3 is 13.4 Å². The van der Waals surface area contributed by atoms with Crippen molar-refractivity contribution in [2.75, 3.05) is 0 Å². The Kier molecular flexibility index (Phi) is 5.41. The second-order valence-electron chi connectivity index (χ2n) is 12.6. The van der Waals surface area contributed by atoms with Crippen LogP contribution in [0.2, 0.25) is 0 Å². The van der Waals surface area contributed by atoms with Crippen molar-refractivity contribution >= 4 is 65.7 Å². The van der Waals surface area contributed by atoms with Crippen LogP contribution in [0.1, 0.15) is 11.1 Å². The molecule has 0 amide bonds. The van der Waals surface area contributed by atoms with E-state index in [1.807, 2.05) is 12.1 Å². The summed E-state index contributed by atoms with van der Waals surface area (Å²) in [5, 5.41) is 6.90. The van der Waals surface area contributed by atoms with Crippen molar-refractivity contribution in [3.63, 3.8) is 0 Å². The van der Waals surface area contributed by atoms with E-state index in [4.69, 9.17) is 8.83 Å². The Morgan fingerprint density at radius 3 is 1.87 bits per heavy atom. The van der Waals surface area contributed by atoms with E-state index in [1.54, 1.807) is 0 Å². The van der Waals surface area contributed by atoms with Crippen molar-refractivity contribution in [3.8, 4) is 27.9 Å². The monoisotopic (exact) mass is 603 g/mol. The third kappa shape index (κ3) is 3.74. The van der Waals surface area contributed by atoms with Gasteiger partial charge in [-0.1, -0.05) is 108 Å². The second kappa shape index (κ2) is 9.72. The van der Waals surface area contributed by atoms with Gasteiger partial charge in [0.25, 0.3) is 0 Å². The van der Waals surface area contributed by atoms with Crippen LogP contribution in [0, 0.1) is 13.8 Å². The molecule has 0 aliphatic heterocycles. The maximum absolute atomic E-state index is 7.12. The van der Waals surface area contributed by atoms with Crippen LogP contribution in [-0.2, 0) is 0 Å². The molecule has 0 saturated heterocycles. The highest BCUT2D eigenvalue weighted by molar-refractivity contribution is 6.21. The van der Waals surface area contributed by atoms with Crippen LogP contribution in [-0.4, -0.2) is 4.57 Å². The zero-order valence-electron chi connectivity index (χ0n) is 26.0. The van der Waals surface area contributed by atoms with E-state index in [0.717, 1.165) is 71.8 Å². The minimum atomic E-state index is 0.865. The number of rotatable bonds is 3. The van der Waals surface area contributed by atoms with Crippen molar-refractivity contribution in [1.82, 2.24) is 4.57 Å². The molecule has 0 radical (unpaired) electrons. The fourth-order valence-corrected chi connectivity index (χ4v) is 7.60. The Balaban J connectivity index is 1.35. The van der Waals surface area contributed by atoms with Crippen molar-refractivity contribution in [2.24, 2.45) is 0 Å². The number of fused-ring (bicyclic) bond motifs is 9. The Morgan fingerprint density at radius 1 is 0.426 bits per heavy atom. The summed E-state index contributed by atoms with van der Waals surface area (Å²) in [6.07, 6.45) is 0. The van der Waals surface area contributed by atoms with E-state index in [1.165, 1.54) is 32.9 Å². The molecule has 0 aliphatic carbocycles. The molecule has 3 nitrogen and oxygen atoms in total. The van der Waals surface area contributed by atoms with Gasteiger partial charge in [-0.3, -0.25) is 0 Å². The summed E-state index contributed by atoms with van der Waals surface area (Å²) < 4.78 is 16.0. The van der Waals surface area contributed by atoms with E-state index in [0.29, 0.717) is 0 Å². The summed E-state index contributed by atoms with van der Waals surface area (Å²) in [6.45, 7) is 4.32. The van der Waals surface area contributed by atoms with Gasteiger partial charge in [0.15, 0.2) is 5.58 Å². The number of hydrogen-bond donors (Lipinski definition) is 0. The van der Waals surface area contributed by atoms with E-state index in [-0.39, 0.29) is 0 Å². The predicted molar refractivity (Wildman–Crippen MR) is 196 cm³/mol. The van der Waals surface area contributed by atoms with E-state index in [9.17, 15) is 0 Å². The lowest BCUT2D eigenvalue weighted by Gasteiger charge is -2.09. The summed E-state index contributed by atoms with van der Waals surface area (Å²) in [5.74, 6) is 0. The molecule has 0 unspecified atom stereocenters. The van der Waals surface area contributed by atoms with Crippen molar-refractivity contribution in [2.45, 2.75) is 13.8 Å². The van der Waals surface area contributed by atoms with Crippen LogP contribution < -0.4 is 0 Å². The summed E-state index contributed by atoms with van der Waals surface area (Å²) in [5.41, 5.74) is 13.7. The lowest BCUT2D eigenvalue weighted by Crippen LogP contribution is -1.94. The summed E-state index contributed by atoms with van der Waals surface area (Å²) >= 11 is 0. The van der Waals surface area contributed by atoms with Gasteiger partial charge in [-0.25, -0.2) is 0 Å². The number of nitrogens with zero attached hydrogens (tertiary/aromatic N) is 1. The molecule has 0 bridgehead atoms. The van der Waals surface area contributed by atoms with Crippen molar-refractivity contribution in [1.29, 1.82) is 0 Å². The fraction of sp³-hybridized carbons (Fsp3) is 0.0455. The van der Waals surface area contributed by atoms with Gasteiger partial charge >= 0.3 is 0 Å². The smallest absolute Gasteiger partial charge is 0.159 e. The van der Waals surface area contributed by atoms with Crippen LogP contribution in [0.25, 0.3) is 93.6 Å². The third-order valence-electron chi connectivity index (χ3n) is 9.72. The molecule has 0 N–H and O–H groups in total. The zero-order chi connectivity index (χ0) is 31.2. The number of aromatic nitrogens is 1. The number of aryl methyl sites for hydroxylation is 2. The normalized spacial score (nSPS) is 12.0. The molecule has 7 aromatic carbocycles. The van der Waals surface area contributed by atoms with E-state index in [2.05, 4.69) is 146 Å². The molecule has 10 rings (SSSR count). The van der Waals surface area contributed by atoms with Crippen LogP contribution >= 0.6 is 0 Å². The SMILES string of the molecule is Cc1ccc2c(c1)c1cc(C)ccc1n2-c1cccc2c1oc1c(-c3ccccc3)ccc(-c3cccc4c3oc3ccccc34)c12. The van der Waals surface area contributed by atoms with Crippen molar-refractivity contribution < 1.29 is 8.83 Å². The Bertz CT molecular complexity index is 2800. The molecule has 10 aromatic rings. The first-order chi connectivity index (χ1) is 23.1. The van der Waals surface area contributed by atoms with Crippen LogP contribution in [0.5, 0.6) is 0 Å². The van der Waals surface area contributed by atoms with Gasteiger partial charge in [-0.05, 0) is 67.4 Å². The van der Waals surface area contributed by atoms with E-state index >= 15 is 0 Å². The third-order valence-corrected chi connectivity index (χ3v) is 9.72. The number of hydrogen-bond acceptors (Lipinski definition) is 2. The van der Waals surface area contributed by atoms with Crippen LogP contribution in [0.3, 0.4) is 0 Å². The molecule has 0 fully saturated rings. The lowest BCUT2D eigenvalue weighted by molar-refractivity contribution is 0.667. The van der Waals surface area contributed by atoms with Gasteiger partial charge in [-0.2, -0.15) is 0 Å². The van der Waals surface area contributed by atoms with Crippen LogP contribution in [0.4, 0.5) is 0 Å². The van der Waals surface area contributed by atoms with Crippen molar-refractivity contribution in [3.05, 3.63) is 151 Å². The Hall–Kier alpha value is -6.06. The highest BCUT2D eigenvalue weighted by Crippen LogP contribution is 2.46. The predicted octanol–water partition coefficient (Wildman–Crippen LogP) is 12.5. The highest BCUT2D eigenvalue weighted by atomic mass is 16.3. The topological polar surface area (TPSA) is 31.2 Å². The van der Waals surface area contributed by atoms with Gasteiger partial charge in [-0.15, -0.1) is 0 Å². The Labute approximate surface area is 270 Å². The first-order valence-corrected chi connectivity index (χ1v) is 16.1. The van der Waals surface area contributed by atoms with Gasteiger partial charge in [0, 0.05) is 43.4 Å². The molecule has 3 heterocycles. The highest BCUT2D eigenvalue weighted by Gasteiger charge is 2.23. The Morgan fingerprint density at radius 2 is 1.09 bits per heavy atom. The summed E-state index contributed by atoms with van der Waals surface area (Å²) in [4.78, 5) is 0. The molecule has 3 heteroatoms. The average Bonchev–Trinajstić information content (AvgIpc) is 3.78. The molecule has 0 aliphatic rings. The average molecular weight is 604 g/mol.